The van der Waals surface area contributed by atoms with Crippen LogP contribution in [-0.4, -0.2) is 50.4 Å². The summed E-state index contributed by atoms with van der Waals surface area (Å²) in [4.78, 5) is 4.19. The van der Waals surface area contributed by atoms with Crippen molar-refractivity contribution in [2.75, 3.05) is 24.7 Å². The van der Waals surface area contributed by atoms with Crippen LogP contribution >= 0.6 is 55.8 Å². The summed E-state index contributed by atoms with van der Waals surface area (Å²) in [6.07, 6.45) is 20.1. The number of aliphatic hydroxyl groups excluding tert-OH is 2. The third kappa shape index (κ3) is 77.4. The Labute approximate surface area is 575 Å². The monoisotopic (exact) mass is 1810 g/mol. The van der Waals surface area contributed by atoms with E-state index in [4.69, 9.17) is 32.6 Å². The molecule has 1 aromatic rings. The van der Waals surface area contributed by atoms with Crippen molar-refractivity contribution in [2.45, 2.75) is 113 Å². The molecule has 434 valence electrons. The number of aromatic nitrogens is 1. The van der Waals surface area contributed by atoms with E-state index in [9.17, 15) is 0 Å². The summed E-state index contributed by atoms with van der Waals surface area (Å²) >= 11 is 21.3. The van der Waals surface area contributed by atoms with E-state index >= 15 is 0 Å². The zero-order valence-corrected chi connectivity index (χ0v) is 72.0. The van der Waals surface area contributed by atoms with Crippen LogP contribution in [0.5, 0.6) is 0 Å². The van der Waals surface area contributed by atoms with Gasteiger partial charge in [-0.05, 0) is 74.3 Å². The molecule has 0 amide bonds. The van der Waals surface area contributed by atoms with Gasteiger partial charge in [-0.2, -0.15) is 12.6 Å². The minimum absolute atomic E-state index is 0. The molecule has 47 heteroatoms. The van der Waals surface area contributed by atoms with Crippen molar-refractivity contribution in [2.24, 2.45) is 0 Å². The lowest BCUT2D eigenvalue weighted by molar-refractivity contribution is 0.287. The van der Waals surface area contributed by atoms with Crippen molar-refractivity contribution in [3.63, 3.8) is 0 Å². The van der Waals surface area contributed by atoms with Gasteiger partial charge in [-0.1, -0.05) is 84.4 Å². The number of rotatable bonds is 12. The number of hydrogen-bond acceptors (Lipinski definition) is 12. The lowest BCUT2D eigenvalue weighted by Gasteiger charge is -2.19. The van der Waals surface area contributed by atoms with E-state index in [1.165, 1.54) is 94.1 Å². The van der Waals surface area contributed by atoms with Crippen molar-refractivity contribution in [1.29, 1.82) is 0 Å². The molecule has 2 aliphatic rings. The molecule has 3 nitrogen and oxygen atoms in total. The molecule has 0 unspecified atom stereocenters. The van der Waals surface area contributed by atoms with Crippen LogP contribution in [0.4, 0.5) is 0 Å². The van der Waals surface area contributed by atoms with Crippen molar-refractivity contribution < 1.29 is 10.2 Å². The summed E-state index contributed by atoms with van der Waals surface area (Å²) < 4.78 is 0. The fourth-order valence-corrected chi connectivity index (χ4v) is 99.7. The van der Waals surface area contributed by atoms with Crippen LogP contribution in [0, 0.1) is 0 Å². The molecule has 73 heavy (non-hydrogen) atoms. The highest BCUT2D eigenvalue weighted by atomic mass is 33.5. The highest BCUT2D eigenvalue weighted by Gasteiger charge is 2.13. The van der Waals surface area contributed by atoms with E-state index in [0.717, 1.165) is 40.5 Å². The number of pyridine rings is 1. The van der Waals surface area contributed by atoms with Gasteiger partial charge in [0, 0.05) is 397 Å². The Bertz CT molecular complexity index is 3090. The van der Waals surface area contributed by atoms with Crippen LogP contribution < -0.4 is 0 Å². The SMILES string of the molecule is C.OCCCCSSC1CCCCC1.OCCCCSSc1ccccn1.S=S.S=S=S=S=S=S=S=S=S=S=S=S=S=S=S=S=S=S=S=S=S=S=S=S=S=S=S=S=S=S=S=S=S=S=S=S=S.SC1CCCCC1. The Kier molecular flexibility index (Phi) is 96.6. The number of thiol groups is 1. The first-order valence-electron chi connectivity index (χ1n) is 18.8. The molecule has 0 saturated heterocycles. The molecule has 2 saturated carbocycles. The average Bonchev–Trinajstić information content (AvgIpc) is 3.42. The highest BCUT2D eigenvalue weighted by Crippen LogP contribution is 2.36. The molecule has 0 aromatic carbocycles. The molecule has 0 spiro atoms. The molecule has 1 aromatic heterocycles. The first kappa shape index (κ1) is 86.6. The average molecular weight is 1820 g/mol. The van der Waals surface area contributed by atoms with Crippen LogP contribution in [0.1, 0.15) is 97.3 Å². The Balaban J connectivity index is -0.00000109. The van der Waals surface area contributed by atoms with Gasteiger partial charge in [-0.25, -0.2) is 4.98 Å². The molecule has 3 rings (SSSR count). The summed E-state index contributed by atoms with van der Waals surface area (Å²) in [6.45, 7) is 0.656. The summed E-state index contributed by atoms with van der Waals surface area (Å²) in [7, 11) is 69.5. The zero-order valence-electron chi connectivity index (χ0n) is 36.0. The maximum Gasteiger partial charge on any atom is 0.106 e. The topological polar surface area (TPSA) is 53.4 Å². The Morgan fingerprint density at radius 2 is 0.753 bits per heavy atom. The zero-order chi connectivity index (χ0) is 52.6. The van der Waals surface area contributed by atoms with Gasteiger partial charge in [0.05, 0.1) is 0 Å². The van der Waals surface area contributed by atoms with E-state index in [0.29, 0.717) is 13.2 Å². The molecule has 0 aliphatic heterocycles. The molecule has 0 atom stereocenters. The lowest BCUT2D eigenvalue weighted by Crippen LogP contribution is -2.06. The fourth-order valence-electron chi connectivity index (χ4n) is 3.80. The standard InChI is InChI=1S/C10H20OS2.C9H13NOS2.C6H12S.CH4.S37.S2/c11-8-4-5-9-12-13-10-6-2-1-3-7-10;11-7-3-4-8-12-13-9-5-1-2-6-10-9;7-6-4-2-1-3-5-6;;1-3-5-7-9-11-13-15-17-19-21-23-25-27-29-31-33-35-37-36-34-32-30-28-26-24-22-20-18-16-14-12-10-8-6-4-2;1-2/h10-11H,1-9H2;1-2,5-6,11H,3-4,7-8H2;6-7H,1-5H2;1H4;;. The van der Waals surface area contributed by atoms with Gasteiger partial charge in [0.2, 0.25) is 0 Å². The largest absolute Gasteiger partial charge is 0.396 e. The number of unbranched alkanes of at least 4 members (excludes halogenated alkanes) is 2. The molecule has 0 bridgehead atoms. The van der Waals surface area contributed by atoms with E-state index in [2.05, 4.69) is 50.8 Å². The summed E-state index contributed by atoms with van der Waals surface area (Å²) in [6, 6.07) is 5.91. The van der Waals surface area contributed by atoms with E-state index in [1.807, 2.05) is 215 Å². The predicted octanol–water partition coefficient (Wildman–Crippen LogP) is 8.86. The maximum atomic E-state index is 8.60. The van der Waals surface area contributed by atoms with Gasteiger partial charge in [0.15, 0.2) is 0 Å². The summed E-state index contributed by atoms with van der Waals surface area (Å²) in [5, 5.41) is 19.9. The Morgan fingerprint density at radius 3 is 1.03 bits per heavy atom. The maximum absolute atomic E-state index is 8.60. The summed E-state index contributed by atoms with van der Waals surface area (Å²) in [5.74, 6) is 2.28. The molecule has 2 fully saturated rings. The number of nitrogens with zero attached hydrogens (tertiary/aromatic N) is 1. The number of hydrogen-bond donors (Lipinski definition) is 3. The van der Waals surface area contributed by atoms with Crippen molar-refractivity contribution in [1.82, 2.24) is 4.98 Å². The number of aliphatic hydroxyl groups is 2. The van der Waals surface area contributed by atoms with Crippen molar-refractivity contribution in [3.05, 3.63) is 24.4 Å². The molecular weight excluding hydrogens is 1770 g/mol. The Morgan fingerprint density at radius 1 is 0.438 bits per heavy atom. The molecule has 1 heterocycles. The van der Waals surface area contributed by atoms with Crippen molar-refractivity contribution >= 4 is 411 Å². The van der Waals surface area contributed by atoms with E-state index in [-0.39, 0.29) is 7.43 Å². The van der Waals surface area contributed by atoms with Crippen molar-refractivity contribution in [3.8, 4) is 0 Å². The third-order valence-corrected chi connectivity index (χ3v) is 87.8. The molecule has 2 N–H and O–H groups in total. The molecular formula is C26H49NO2S44. The van der Waals surface area contributed by atoms with E-state index in [1.54, 1.807) is 134 Å². The lowest BCUT2D eigenvalue weighted by atomic mass is 10.0. The second kappa shape index (κ2) is 81.4. The van der Waals surface area contributed by atoms with Gasteiger partial charge >= 0.3 is 0 Å². The van der Waals surface area contributed by atoms with Gasteiger partial charge in [-0.15, -0.1) is 0 Å². The van der Waals surface area contributed by atoms with Crippen LogP contribution in [0.15, 0.2) is 29.4 Å². The Hall–Kier alpha value is 9.40. The van der Waals surface area contributed by atoms with Crippen LogP contribution in [0.3, 0.4) is 0 Å². The normalized spacial score (nSPS) is 11.6. The van der Waals surface area contributed by atoms with Crippen LogP contribution in [0.25, 0.3) is 0 Å². The smallest absolute Gasteiger partial charge is 0.106 e. The predicted molar refractivity (Wildman–Crippen MR) is 452 cm³/mol. The molecule has 2 aliphatic carbocycles. The van der Waals surface area contributed by atoms with Crippen LogP contribution in [-0.2, 0) is 356 Å². The first-order valence-corrected chi connectivity index (χ1v) is 73.4. The van der Waals surface area contributed by atoms with Gasteiger partial charge in [-0.3, -0.25) is 0 Å². The van der Waals surface area contributed by atoms with Gasteiger partial charge in [0.1, 0.15) is 5.03 Å². The van der Waals surface area contributed by atoms with Crippen LogP contribution in [0.2, 0.25) is 0 Å². The molecule has 0 radical (unpaired) electrons. The van der Waals surface area contributed by atoms with Gasteiger partial charge < -0.3 is 10.2 Å². The fraction of sp³-hybridized carbons (Fsp3) is 0.808. The highest BCUT2D eigenvalue weighted by molar-refractivity contribution is 8.81. The minimum Gasteiger partial charge on any atom is -0.396 e. The minimum atomic E-state index is 0. The third-order valence-electron chi connectivity index (χ3n) is 6.33. The second-order valence-corrected chi connectivity index (χ2v) is 78.7. The van der Waals surface area contributed by atoms with Gasteiger partial charge in [0.25, 0.3) is 0 Å². The van der Waals surface area contributed by atoms with E-state index < -0.39 is 0 Å². The quantitative estimate of drug-likeness (QED) is 0.107. The first-order chi connectivity index (χ1) is 35.7. The second-order valence-electron chi connectivity index (χ2n) is 10.8. The summed E-state index contributed by atoms with van der Waals surface area (Å²) in [5.41, 5.74) is 0.